The smallest absolute Gasteiger partial charge is 0.475 e. The van der Waals surface area contributed by atoms with Gasteiger partial charge < -0.3 is 24.8 Å². The summed E-state index contributed by atoms with van der Waals surface area (Å²) in [5, 5.41) is 21.3. The first-order valence-corrected chi connectivity index (χ1v) is 15.0. The molecule has 0 radical (unpaired) electrons. The third-order valence-electron chi connectivity index (χ3n) is 6.49. The van der Waals surface area contributed by atoms with E-state index < -0.39 is 34.4 Å². The van der Waals surface area contributed by atoms with Crippen molar-refractivity contribution in [3.63, 3.8) is 0 Å². The van der Waals surface area contributed by atoms with Crippen LogP contribution in [0.25, 0.3) is 11.0 Å². The van der Waals surface area contributed by atoms with E-state index in [1.165, 1.54) is 12.1 Å². The number of alkyl halides is 3. The Morgan fingerprint density at radius 3 is 2.35 bits per heavy atom. The quantitative estimate of drug-likeness (QED) is 0.0775. The number of hydrogen-bond acceptors (Lipinski definition) is 9. The number of aromatic nitrogens is 2. The van der Waals surface area contributed by atoms with Crippen molar-refractivity contribution >= 4 is 38.8 Å². The molecule has 0 fully saturated rings. The SMILES string of the molecule is CC(C)(CCn1cnc2cc(OC(=O)NN)ccc21)NC[C@H](O)c1cccc(NS(=O)(=O)c2ccccc2)c1.O=C(O)C(F)(F)F. The van der Waals surface area contributed by atoms with Crippen LogP contribution in [-0.4, -0.2) is 58.5 Å². The molecule has 17 heteroatoms. The van der Waals surface area contributed by atoms with Crippen LogP contribution in [0.3, 0.4) is 0 Å². The number of carbonyl (C=O) groups is 2. The number of nitrogens with two attached hydrogens (primary N) is 1. The zero-order chi connectivity index (χ0) is 34.1. The summed E-state index contributed by atoms with van der Waals surface area (Å²) >= 11 is 0. The van der Waals surface area contributed by atoms with Gasteiger partial charge in [-0.05, 0) is 62.2 Å². The molecule has 0 saturated heterocycles. The van der Waals surface area contributed by atoms with Crippen molar-refractivity contribution in [2.24, 2.45) is 5.84 Å². The third-order valence-corrected chi connectivity index (χ3v) is 7.89. The molecule has 0 saturated carbocycles. The zero-order valence-electron chi connectivity index (χ0n) is 24.7. The number of imidazole rings is 1. The maximum absolute atomic E-state index is 12.6. The van der Waals surface area contributed by atoms with E-state index in [2.05, 4.69) is 15.0 Å². The van der Waals surface area contributed by atoms with E-state index in [0.717, 1.165) is 11.9 Å². The highest BCUT2D eigenvalue weighted by Crippen LogP contribution is 2.23. The number of benzene rings is 3. The van der Waals surface area contributed by atoms with Gasteiger partial charge in [-0.2, -0.15) is 13.2 Å². The Bertz CT molecular complexity index is 1750. The largest absolute Gasteiger partial charge is 0.490 e. The number of carbonyl (C=O) groups excluding carboxylic acids is 1. The van der Waals surface area contributed by atoms with Gasteiger partial charge in [-0.15, -0.1) is 0 Å². The van der Waals surface area contributed by atoms with Crippen LogP contribution in [0.2, 0.25) is 0 Å². The Kier molecular flexibility index (Phi) is 11.7. The van der Waals surface area contributed by atoms with Crippen molar-refractivity contribution in [3.8, 4) is 5.75 Å². The number of β-amino-alcohol motifs (C(OH)–C–C–N with tert-alkyl or cyclic N) is 1. The number of hydrazine groups is 1. The molecule has 4 aromatic rings. The third kappa shape index (κ3) is 10.4. The number of aliphatic hydroxyl groups excluding tert-OH is 1. The van der Waals surface area contributed by atoms with Crippen LogP contribution < -0.4 is 26.0 Å². The minimum absolute atomic E-state index is 0.165. The molecule has 4 rings (SSSR count). The molecule has 0 bridgehead atoms. The monoisotopic (exact) mass is 666 g/mol. The van der Waals surface area contributed by atoms with Gasteiger partial charge in [0, 0.05) is 30.4 Å². The van der Waals surface area contributed by atoms with Gasteiger partial charge in [-0.3, -0.25) is 10.1 Å². The molecule has 3 aromatic carbocycles. The summed E-state index contributed by atoms with van der Waals surface area (Å²) in [5.41, 5.74) is 4.12. The van der Waals surface area contributed by atoms with Crippen LogP contribution in [0.1, 0.15) is 31.9 Å². The fourth-order valence-corrected chi connectivity index (χ4v) is 5.09. The summed E-state index contributed by atoms with van der Waals surface area (Å²) in [7, 11) is -3.73. The molecule has 46 heavy (non-hydrogen) atoms. The van der Waals surface area contributed by atoms with Crippen molar-refractivity contribution in [1.82, 2.24) is 20.3 Å². The van der Waals surface area contributed by atoms with Gasteiger partial charge in [0.15, 0.2) is 0 Å². The lowest BCUT2D eigenvalue weighted by atomic mass is 9.99. The van der Waals surface area contributed by atoms with Gasteiger partial charge in [0.1, 0.15) is 5.75 Å². The van der Waals surface area contributed by atoms with E-state index in [9.17, 15) is 31.5 Å². The lowest BCUT2D eigenvalue weighted by Gasteiger charge is -2.28. The number of nitrogens with one attached hydrogen (secondary N) is 3. The molecule has 1 aromatic heterocycles. The number of anilines is 1. The van der Waals surface area contributed by atoms with Crippen LogP contribution in [-0.2, 0) is 21.4 Å². The zero-order valence-corrected chi connectivity index (χ0v) is 25.5. The summed E-state index contributed by atoms with van der Waals surface area (Å²) in [5.74, 6) is 2.63. The van der Waals surface area contributed by atoms with Crippen molar-refractivity contribution in [2.45, 2.75) is 49.5 Å². The van der Waals surface area contributed by atoms with Crippen LogP contribution in [0.15, 0.2) is 84.0 Å². The van der Waals surface area contributed by atoms with Crippen molar-refractivity contribution < 1.29 is 46.1 Å². The van der Waals surface area contributed by atoms with Crippen molar-refractivity contribution in [2.75, 3.05) is 11.3 Å². The van der Waals surface area contributed by atoms with E-state index in [4.69, 9.17) is 20.5 Å². The molecule has 1 atom stereocenters. The number of ether oxygens (including phenoxy) is 1. The van der Waals surface area contributed by atoms with Gasteiger partial charge in [0.2, 0.25) is 0 Å². The standard InChI is InChI=1S/C27H32N6O5S.C2HF3O2/c1-27(2,13-14-33-18-29-23-16-21(11-12-24(23)33)38-26(35)31-28)30-17-25(34)19-7-6-8-20(15-19)32-39(36,37)22-9-4-3-5-10-22;3-2(4,5)1(6)7/h3-12,15-16,18,25,30,32,34H,13-14,17,28H2,1-2H3,(H,31,35);(H,6,7)/t25-;/m0./s1. The minimum atomic E-state index is -5.08. The second-order valence-electron chi connectivity index (χ2n) is 10.5. The molecule has 13 nitrogen and oxygen atoms in total. The summed E-state index contributed by atoms with van der Waals surface area (Å²) in [6, 6.07) is 20.0. The number of amides is 1. The number of hydrogen-bond donors (Lipinski definition) is 6. The van der Waals surface area contributed by atoms with Gasteiger partial charge in [-0.1, -0.05) is 30.3 Å². The molecule has 7 N–H and O–H groups in total. The van der Waals surface area contributed by atoms with Crippen LogP contribution >= 0.6 is 0 Å². The fraction of sp³-hybridized carbons (Fsp3) is 0.276. The summed E-state index contributed by atoms with van der Waals surface area (Å²) in [4.78, 5) is 24.8. The molecule has 0 aliphatic carbocycles. The Balaban J connectivity index is 0.000000738. The number of rotatable bonds is 11. The second kappa shape index (κ2) is 15.0. The first-order valence-electron chi connectivity index (χ1n) is 13.5. The number of sulfonamides is 1. The number of carboxylic acids is 1. The average molecular weight is 667 g/mol. The van der Waals surface area contributed by atoms with Gasteiger partial charge in [-0.25, -0.2) is 28.8 Å². The van der Waals surface area contributed by atoms with E-state index in [1.807, 2.05) is 29.9 Å². The molecule has 0 unspecified atom stereocenters. The van der Waals surface area contributed by atoms with Crippen LogP contribution in [0, 0.1) is 0 Å². The highest BCUT2D eigenvalue weighted by molar-refractivity contribution is 7.92. The van der Waals surface area contributed by atoms with Gasteiger partial charge >= 0.3 is 18.2 Å². The number of carboxylic acid groups (broad SMARTS) is 1. The second-order valence-corrected chi connectivity index (χ2v) is 12.2. The topological polar surface area (TPSA) is 198 Å². The highest BCUT2D eigenvalue weighted by Gasteiger charge is 2.38. The number of fused-ring (bicyclic) bond motifs is 1. The number of aliphatic hydroxyl groups is 1. The maximum atomic E-state index is 12.6. The molecular formula is C29H33F3N6O7S. The summed E-state index contributed by atoms with van der Waals surface area (Å²) in [6.45, 7) is 5.02. The molecule has 1 heterocycles. The van der Waals surface area contributed by atoms with Crippen LogP contribution in [0.5, 0.6) is 5.75 Å². The summed E-state index contributed by atoms with van der Waals surface area (Å²) in [6.07, 6.45) is -4.23. The fourth-order valence-electron chi connectivity index (χ4n) is 4.02. The first-order chi connectivity index (χ1) is 21.5. The maximum Gasteiger partial charge on any atom is 0.490 e. The molecule has 0 aliphatic rings. The molecule has 1 amide bonds. The molecule has 0 aliphatic heterocycles. The Hall–Kier alpha value is -4.71. The number of nitrogens with zero attached hydrogens (tertiary/aromatic N) is 2. The van der Waals surface area contributed by atoms with Gasteiger partial charge in [0.25, 0.3) is 10.0 Å². The van der Waals surface area contributed by atoms with E-state index in [0.29, 0.717) is 29.1 Å². The number of halogens is 3. The number of aliphatic carboxylic acids is 1. The van der Waals surface area contributed by atoms with Crippen LogP contribution in [0.4, 0.5) is 23.7 Å². The predicted molar refractivity (Wildman–Crippen MR) is 162 cm³/mol. The summed E-state index contributed by atoms with van der Waals surface area (Å²) < 4.78 is 66.6. The predicted octanol–water partition coefficient (Wildman–Crippen LogP) is 3.92. The highest BCUT2D eigenvalue weighted by atomic mass is 32.2. The number of aryl methyl sites for hydroxylation is 1. The minimum Gasteiger partial charge on any atom is -0.475 e. The average Bonchev–Trinajstić information content (AvgIpc) is 3.41. The molecular weight excluding hydrogens is 633 g/mol. The van der Waals surface area contributed by atoms with E-state index in [-0.39, 0.29) is 17.0 Å². The molecule has 0 spiro atoms. The lowest BCUT2D eigenvalue weighted by molar-refractivity contribution is -0.192. The first kappa shape index (κ1) is 35.8. The Labute approximate surface area is 262 Å². The van der Waals surface area contributed by atoms with Crippen molar-refractivity contribution in [1.29, 1.82) is 0 Å². The van der Waals surface area contributed by atoms with E-state index in [1.54, 1.807) is 60.9 Å². The molecule has 248 valence electrons. The lowest BCUT2D eigenvalue weighted by Crippen LogP contribution is -2.42. The van der Waals surface area contributed by atoms with Crippen molar-refractivity contribution in [3.05, 3.63) is 84.7 Å². The Morgan fingerprint density at radius 2 is 1.72 bits per heavy atom. The normalized spacial score (nSPS) is 12.5. The van der Waals surface area contributed by atoms with Gasteiger partial charge in [0.05, 0.1) is 28.4 Å². The Morgan fingerprint density at radius 1 is 1.04 bits per heavy atom. The van der Waals surface area contributed by atoms with E-state index >= 15 is 0 Å².